The van der Waals surface area contributed by atoms with Crippen LogP contribution in [0.4, 0.5) is 5.69 Å². The smallest absolute Gasteiger partial charge is 0.155 e. The molecule has 3 aromatic carbocycles. The van der Waals surface area contributed by atoms with Gasteiger partial charge in [0.2, 0.25) is 0 Å². The van der Waals surface area contributed by atoms with Crippen molar-refractivity contribution in [2.45, 2.75) is 45.6 Å². The second-order valence-electron chi connectivity index (χ2n) is 9.01. The summed E-state index contributed by atoms with van der Waals surface area (Å²) in [5.74, 6) is 0.820. The Hall–Kier alpha value is -3.66. The van der Waals surface area contributed by atoms with E-state index in [4.69, 9.17) is 4.99 Å². The van der Waals surface area contributed by atoms with Crippen molar-refractivity contribution in [3.63, 3.8) is 0 Å². The first-order valence-corrected chi connectivity index (χ1v) is 12.8. The lowest BCUT2D eigenvalue weighted by molar-refractivity contribution is 0.634. The van der Waals surface area contributed by atoms with Gasteiger partial charge in [-0.05, 0) is 41.7 Å². The van der Waals surface area contributed by atoms with E-state index in [0.29, 0.717) is 6.54 Å². The van der Waals surface area contributed by atoms with Crippen molar-refractivity contribution in [1.82, 2.24) is 5.32 Å². The maximum Gasteiger partial charge on any atom is 0.155 e. The number of hydrogen-bond donors (Lipinski definition) is 2. The molecule has 2 N–H and O–H groups in total. The van der Waals surface area contributed by atoms with E-state index in [1.165, 1.54) is 18.4 Å². The minimum atomic E-state index is 0.255. The number of aliphatic imine (C=N–C) groups is 2. The predicted octanol–water partition coefficient (Wildman–Crippen LogP) is 7.25. The maximum absolute atomic E-state index is 4.80. The van der Waals surface area contributed by atoms with Gasteiger partial charge in [-0.2, -0.15) is 0 Å². The van der Waals surface area contributed by atoms with Crippen LogP contribution in [0, 0.1) is 0 Å². The Morgan fingerprint density at radius 2 is 1.63 bits per heavy atom. The molecule has 0 saturated carbocycles. The third-order valence-corrected chi connectivity index (χ3v) is 6.31. The molecule has 4 nitrogen and oxygen atoms in total. The minimum absolute atomic E-state index is 0.255. The lowest BCUT2D eigenvalue weighted by Gasteiger charge is -2.21. The molecule has 1 unspecified atom stereocenters. The second-order valence-corrected chi connectivity index (χ2v) is 9.01. The summed E-state index contributed by atoms with van der Waals surface area (Å²) >= 11 is 0. The molecule has 0 radical (unpaired) electrons. The molecule has 0 fully saturated rings. The van der Waals surface area contributed by atoms with Gasteiger partial charge in [0.25, 0.3) is 0 Å². The van der Waals surface area contributed by atoms with Gasteiger partial charge in [-0.25, -0.2) is 4.99 Å². The van der Waals surface area contributed by atoms with E-state index in [1.54, 1.807) is 0 Å². The van der Waals surface area contributed by atoms with Crippen LogP contribution in [0.3, 0.4) is 0 Å². The van der Waals surface area contributed by atoms with Crippen molar-refractivity contribution in [2.24, 2.45) is 9.98 Å². The summed E-state index contributed by atoms with van der Waals surface area (Å²) in [6.45, 7) is 10.1. The Labute approximate surface area is 209 Å². The quantitative estimate of drug-likeness (QED) is 0.296. The molecule has 0 aromatic heterocycles. The van der Waals surface area contributed by atoms with E-state index in [-0.39, 0.29) is 6.04 Å². The molecule has 1 aliphatic rings. The Bertz CT molecular complexity index is 1160. The first-order valence-electron chi connectivity index (χ1n) is 12.8. The Balaban J connectivity index is 1.45. The van der Waals surface area contributed by atoms with Crippen LogP contribution in [0.25, 0.3) is 5.70 Å². The summed E-state index contributed by atoms with van der Waals surface area (Å²) in [5, 5.41) is 7.12. The van der Waals surface area contributed by atoms with Gasteiger partial charge in [-0.1, -0.05) is 100.0 Å². The normalized spacial score (nSPS) is 13.7. The van der Waals surface area contributed by atoms with Crippen molar-refractivity contribution < 1.29 is 0 Å². The third-order valence-electron chi connectivity index (χ3n) is 6.31. The summed E-state index contributed by atoms with van der Waals surface area (Å²) in [7, 11) is 0. The molecule has 180 valence electrons. The molecular formula is C31H36N4. The van der Waals surface area contributed by atoms with Gasteiger partial charge < -0.3 is 10.6 Å². The van der Waals surface area contributed by atoms with E-state index >= 15 is 0 Å². The van der Waals surface area contributed by atoms with Crippen molar-refractivity contribution in [3.8, 4) is 0 Å². The fraction of sp³-hybridized carbons (Fsp3) is 0.290. The molecule has 4 heteroatoms. The highest BCUT2D eigenvalue weighted by Crippen LogP contribution is 2.26. The van der Waals surface area contributed by atoms with Crippen LogP contribution >= 0.6 is 0 Å². The predicted molar refractivity (Wildman–Crippen MR) is 150 cm³/mol. The summed E-state index contributed by atoms with van der Waals surface area (Å²) in [6.07, 6.45) is 4.52. The fourth-order valence-electron chi connectivity index (χ4n) is 4.23. The number of unbranched alkanes of at least 4 members (excludes halogenated alkanes) is 1. The minimum Gasteiger partial charge on any atom is -0.385 e. The molecule has 3 aromatic rings. The number of nitrogens with zero attached hydrogens (tertiary/aromatic N) is 2. The molecule has 0 amide bonds. The number of benzene rings is 3. The SMILES string of the molecule is C=C(NCCC)c1ccc(NC(CCCC)c2ccc(C3=NCC(c4ccccc4)=N3)cc2)cc1. The number of amidine groups is 1. The fourth-order valence-corrected chi connectivity index (χ4v) is 4.23. The topological polar surface area (TPSA) is 48.8 Å². The Morgan fingerprint density at radius 3 is 2.31 bits per heavy atom. The van der Waals surface area contributed by atoms with Gasteiger partial charge in [-0.15, -0.1) is 0 Å². The molecule has 1 heterocycles. The number of anilines is 1. The molecule has 35 heavy (non-hydrogen) atoms. The third kappa shape index (κ3) is 6.48. The lowest BCUT2D eigenvalue weighted by atomic mass is 9.99. The Morgan fingerprint density at radius 1 is 0.886 bits per heavy atom. The van der Waals surface area contributed by atoms with Crippen LogP contribution in [0.1, 0.15) is 67.8 Å². The van der Waals surface area contributed by atoms with Crippen molar-refractivity contribution >= 4 is 22.9 Å². The molecule has 0 saturated heterocycles. The zero-order valence-corrected chi connectivity index (χ0v) is 20.9. The van der Waals surface area contributed by atoms with Crippen LogP contribution in [0.5, 0.6) is 0 Å². The summed E-state index contributed by atoms with van der Waals surface area (Å²) in [6, 6.07) is 27.8. The lowest BCUT2D eigenvalue weighted by Crippen LogP contribution is -2.13. The number of rotatable bonds is 12. The highest BCUT2D eigenvalue weighted by Gasteiger charge is 2.16. The molecule has 1 aliphatic heterocycles. The zero-order valence-electron chi connectivity index (χ0n) is 20.9. The van der Waals surface area contributed by atoms with Crippen LogP contribution in [-0.2, 0) is 0 Å². The van der Waals surface area contributed by atoms with Gasteiger partial charge in [0.1, 0.15) is 0 Å². The highest BCUT2D eigenvalue weighted by atomic mass is 15.0. The zero-order chi connectivity index (χ0) is 24.5. The second kappa shape index (κ2) is 12.2. The molecular weight excluding hydrogens is 428 g/mol. The van der Waals surface area contributed by atoms with E-state index in [1.807, 2.05) is 18.2 Å². The standard InChI is InChI=1S/C31H36N4/c1-4-6-12-29(34-28-19-17-24(18-20-28)23(3)32-21-5-2)26-13-15-27(16-14-26)31-33-22-30(35-31)25-10-8-7-9-11-25/h7-11,13-20,29,32,34H,3-6,12,21-22H2,1-2H3. The summed E-state index contributed by atoms with van der Waals surface area (Å²) in [5.41, 5.74) is 7.75. The van der Waals surface area contributed by atoms with Gasteiger partial charge in [0.15, 0.2) is 5.84 Å². The molecule has 0 aliphatic carbocycles. The Kier molecular flexibility index (Phi) is 8.50. The number of hydrogen-bond acceptors (Lipinski definition) is 4. The first-order chi connectivity index (χ1) is 17.2. The van der Waals surface area contributed by atoms with Gasteiger partial charge in [-0.3, -0.25) is 4.99 Å². The van der Waals surface area contributed by atoms with Crippen molar-refractivity contribution in [2.75, 3.05) is 18.4 Å². The van der Waals surface area contributed by atoms with E-state index < -0.39 is 0 Å². The molecule has 0 bridgehead atoms. The van der Waals surface area contributed by atoms with Crippen molar-refractivity contribution in [1.29, 1.82) is 0 Å². The van der Waals surface area contributed by atoms with Gasteiger partial charge in [0.05, 0.1) is 18.3 Å². The molecule has 1 atom stereocenters. The van der Waals surface area contributed by atoms with Crippen LogP contribution in [0.2, 0.25) is 0 Å². The largest absolute Gasteiger partial charge is 0.385 e. The highest BCUT2D eigenvalue weighted by molar-refractivity contribution is 6.17. The first kappa shape index (κ1) is 24.5. The number of nitrogens with one attached hydrogen (secondary N) is 2. The van der Waals surface area contributed by atoms with Crippen LogP contribution < -0.4 is 10.6 Å². The average Bonchev–Trinajstić information content (AvgIpc) is 3.41. The molecule has 4 rings (SSSR count). The van der Waals surface area contributed by atoms with Crippen molar-refractivity contribution in [3.05, 3.63) is 108 Å². The van der Waals surface area contributed by atoms with Crippen LogP contribution in [-0.4, -0.2) is 24.6 Å². The maximum atomic E-state index is 4.80. The van der Waals surface area contributed by atoms with E-state index in [9.17, 15) is 0 Å². The van der Waals surface area contributed by atoms with Gasteiger partial charge >= 0.3 is 0 Å². The van der Waals surface area contributed by atoms with Gasteiger partial charge in [0, 0.05) is 23.5 Å². The molecule has 0 spiro atoms. The average molecular weight is 465 g/mol. The van der Waals surface area contributed by atoms with Crippen LogP contribution in [0.15, 0.2) is 95.4 Å². The summed E-state index contributed by atoms with van der Waals surface area (Å²) < 4.78 is 0. The van der Waals surface area contributed by atoms with E-state index in [0.717, 1.165) is 59.0 Å². The monoisotopic (exact) mass is 464 g/mol. The van der Waals surface area contributed by atoms with E-state index in [2.05, 4.69) is 96.7 Å². The summed E-state index contributed by atoms with van der Waals surface area (Å²) in [4.78, 5) is 9.48.